The second-order valence-electron chi connectivity index (χ2n) is 8.24. The summed E-state index contributed by atoms with van der Waals surface area (Å²) >= 11 is 0. The Morgan fingerprint density at radius 1 is 1.12 bits per heavy atom. The molecule has 2 saturated heterocycles. The fraction of sp³-hybridized carbons (Fsp3) is 0.421. The van der Waals surface area contributed by atoms with Crippen LogP contribution in [0.5, 0.6) is 0 Å². The highest BCUT2D eigenvalue weighted by molar-refractivity contribution is 5.70. The predicted molar refractivity (Wildman–Crippen MR) is 111 cm³/mol. The lowest BCUT2D eigenvalue weighted by Gasteiger charge is -2.24. The summed E-state index contributed by atoms with van der Waals surface area (Å²) in [5.74, 6) is -0.907. The molecule has 0 bridgehead atoms. The molecular weight excluding hydrogens is 456 g/mol. The predicted octanol–water partition coefficient (Wildman–Crippen LogP) is 0.808. The van der Waals surface area contributed by atoms with Gasteiger partial charge in [-0.15, -0.1) is 0 Å². The van der Waals surface area contributed by atoms with E-state index >= 15 is 0 Å². The Kier molecular flexibility index (Phi) is 4.94. The maximum atomic E-state index is 13.2. The van der Waals surface area contributed by atoms with E-state index < -0.39 is 57.1 Å². The van der Waals surface area contributed by atoms with E-state index in [1.807, 2.05) is 0 Å². The summed E-state index contributed by atoms with van der Waals surface area (Å²) < 4.78 is 20.0. The normalized spacial score (nSPS) is 25.5. The van der Waals surface area contributed by atoms with Gasteiger partial charge in [-0.1, -0.05) is 0 Å². The van der Waals surface area contributed by atoms with E-state index in [1.165, 1.54) is 10.9 Å². The van der Waals surface area contributed by atoms with Gasteiger partial charge in [0.2, 0.25) is 0 Å². The van der Waals surface area contributed by atoms with Gasteiger partial charge in [0.1, 0.15) is 30.3 Å². The van der Waals surface area contributed by atoms with Crippen molar-refractivity contribution in [1.29, 1.82) is 0 Å². The third kappa shape index (κ3) is 3.33. The number of aliphatic hydroxyl groups is 1. The zero-order chi connectivity index (χ0) is 24.4. The SMILES string of the molecule is CC1(C)O[C@@H]2[C@H](O1)[C@@H](CO)O[C@H]2n1cnc2c(=O)n(-c3ccc([N+](=O)[O-])cc3[N+](=O)[O-])cnc21. The molecule has 4 heterocycles. The Balaban J connectivity index is 1.59. The number of rotatable bonds is 5. The quantitative estimate of drug-likeness (QED) is 0.407. The van der Waals surface area contributed by atoms with E-state index in [-0.39, 0.29) is 23.5 Å². The van der Waals surface area contributed by atoms with Gasteiger partial charge in [0.15, 0.2) is 23.2 Å². The Bertz CT molecular complexity index is 1380. The largest absolute Gasteiger partial charge is 0.394 e. The van der Waals surface area contributed by atoms with Crippen LogP contribution in [-0.4, -0.2) is 64.8 Å². The van der Waals surface area contributed by atoms with Crippen LogP contribution in [0.25, 0.3) is 16.9 Å². The van der Waals surface area contributed by atoms with Crippen molar-refractivity contribution in [3.05, 3.63) is 61.4 Å². The molecular formula is C19H18N6O9. The van der Waals surface area contributed by atoms with Gasteiger partial charge in [-0.25, -0.2) is 9.97 Å². The smallest absolute Gasteiger partial charge is 0.300 e. The maximum Gasteiger partial charge on any atom is 0.300 e. The maximum absolute atomic E-state index is 13.2. The summed E-state index contributed by atoms with van der Waals surface area (Å²) in [4.78, 5) is 42.4. The highest BCUT2D eigenvalue weighted by atomic mass is 16.8. The molecule has 0 aliphatic carbocycles. The molecule has 34 heavy (non-hydrogen) atoms. The molecule has 4 atom stereocenters. The second kappa shape index (κ2) is 7.63. The van der Waals surface area contributed by atoms with Crippen molar-refractivity contribution in [2.75, 3.05) is 6.61 Å². The van der Waals surface area contributed by atoms with Gasteiger partial charge in [-0.2, -0.15) is 0 Å². The van der Waals surface area contributed by atoms with Crippen molar-refractivity contribution in [3.63, 3.8) is 0 Å². The van der Waals surface area contributed by atoms with Crippen molar-refractivity contribution < 1.29 is 29.2 Å². The molecule has 0 saturated carbocycles. The van der Waals surface area contributed by atoms with Crippen LogP contribution < -0.4 is 5.56 Å². The van der Waals surface area contributed by atoms with Gasteiger partial charge in [-0.3, -0.25) is 34.2 Å². The first-order valence-corrected chi connectivity index (χ1v) is 10.1. The fourth-order valence-electron chi connectivity index (χ4n) is 4.28. The Morgan fingerprint density at radius 2 is 1.85 bits per heavy atom. The number of aliphatic hydroxyl groups excluding tert-OH is 1. The van der Waals surface area contributed by atoms with Gasteiger partial charge in [-0.05, 0) is 19.9 Å². The van der Waals surface area contributed by atoms with Crippen LogP contribution in [-0.2, 0) is 14.2 Å². The lowest BCUT2D eigenvalue weighted by Crippen LogP contribution is -2.31. The number of aromatic nitrogens is 4. The van der Waals surface area contributed by atoms with E-state index in [0.29, 0.717) is 0 Å². The van der Waals surface area contributed by atoms with E-state index in [4.69, 9.17) is 14.2 Å². The van der Waals surface area contributed by atoms with Crippen molar-refractivity contribution in [2.24, 2.45) is 0 Å². The Labute approximate surface area is 189 Å². The molecule has 2 fully saturated rings. The summed E-state index contributed by atoms with van der Waals surface area (Å²) in [6, 6.07) is 2.92. The average Bonchev–Trinajstić information content (AvgIpc) is 3.44. The topological polar surface area (TPSA) is 187 Å². The van der Waals surface area contributed by atoms with Crippen LogP contribution in [0.3, 0.4) is 0 Å². The van der Waals surface area contributed by atoms with Gasteiger partial charge < -0.3 is 19.3 Å². The minimum Gasteiger partial charge on any atom is -0.394 e. The Hall–Kier alpha value is -3.79. The molecule has 2 aliphatic heterocycles. The van der Waals surface area contributed by atoms with Crippen LogP contribution in [0.2, 0.25) is 0 Å². The standard InChI is InChI=1S/C19H18N6O9/c1-19(2)33-14-12(6-26)32-18(15(14)34-19)23-7-20-13-16(23)21-8-22(17(13)27)10-4-3-9(24(28)29)5-11(10)25(30)31/h3-5,7-8,12,14-15,18,26H,6H2,1-2H3/t12-,14-,15-,18-/m1/s1. The van der Waals surface area contributed by atoms with Crippen LogP contribution >= 0.6 is 0 Å². The molecule has 0 amide bonds. The van der Waals surface area contributed by atoms with Crippen LogP contribution in [0.4, 0.5) is 11.4 Å². The van der Waals surface area contributed by atoms with Crippen LogP contribution in [0, 0.1) is 20.2 Å². The zero-order valence-corrected chi connectivity index (χ0v) is 17.8. The first-order valence-electron chi connectivity index (χ1n) is 10.1. The number of fused-ring (bicyclic) bond motifs is 2. The van der Waals surface area contributed by atoms with Gasteiger partial charge in [0, 0.05) is 6.07 Å². The van der Waals surface area contributed by atoms with Crippen molar-refractivity contribution in [3.8, 4) is 5.69 Å². The zero-order valence-electron chi connectivity index (χ0n) is 17.8. The summed E-state index contributed by atoms with van der Waals surface area (Å²) in [5.41, 5.74) is -2.03. The molecule has 5 rings (SSSR count). The minimum absolute atomic E-state index is 0.110. The monoisotopic (exact) mass is 474 g/mol. The number of nitro groups is 2. The lowest BCUT2D eigenvalue weighted by molar-refractivity contribution is -0.394. The lowest BCUT2D eigenvalue weighted by atomic mass is 10.1. The number of hydrogen-bond acceptors (Lipinski definition) is 11. The van der Waals surface area contributed by atoms with Crippen molar-refractivity contribution in [2.45, 2.75) is 44.2 Å². The molecule has 2 aromatic heterocycles. The van der Waals surface area contributed by atoms with Gasteiger partial charge in [0.25, 0.3) is 16.9 Å². The van der Waals surface area contributed by atoms with Crippen molar-refractivity contribution >= 4 is 22.5 Å². The number of non-ortho nitro benzene ring substituents is 1. The van der Waals surface area contributed by atoms with Crippen LogP contribution in [0.15, 0.2) is 35.6 Å². The Morgan fingerprint density at radius 3 is 2.53 bits per heavy atom. The second-order valence-corrected chi connectivity index (χ2v) is 8.24. The first kappa shape index (κ1) is 22.0. The van der Waals surface area contributed by atoms with E-state index in [2.05, 4.69) is 9.97 Å². The molecule has 0 radical (unpaired) electrons. The number of ether oxygens (including phenoxy) is 3. The molecule has 1 N–H and O–H groups in total. The van der Waals surface area contributed by atoms with E-state index in [1.54, 1.807) is 13.8 Å². The summed E-state index contributed by atoms with van der Waals surface area (Å²) in [6.45, 7) is 3.15. The van der Waals surface area contributed by atoms with Gasteiger partial charge in [0.05, 0.1) is 28.8 Å². The third-order valence-corrected chi connectivity index (χ3v) is 5.69. The molecule has 0 spiro atoms. The highest BCUT2D eigenvalue weighted by Crippen LogP contribution is 2.43. The number of nitro benzene ring substituents is 2. The molecule has 178 valence electrons. The number of nitrogens with zero attached hydrogens (tertiary/aromatic N) is 6. The molecule has 0 unspecified atom stereocenters. The molecule has 3 aromatic rings. The number of benzene rings is 1. The van der Waals surface area contributed by atoms with E-state index in [0.717, 1.165) is 29.1 Å². The number of hydrogen-bond donors (Lipinski definition) is 1. The highest BCUT2D eigenvalue weighted by Gasteiger charge is 2.56. The molecule has 15 nitrogen and oxygen atoms in total. The van der Waals surface area contributed by atoms with Crippen molar-refractivity contribution in [1.82, 2.24) is 19.1 Å². The van der Waals surface area contributed by atoms with Crippen LogP contribution in [0.1, 0.15) is 20.1 Å². The molecule has 2 aliphatic rings. The molecule has 15 heteroatoms. The van der Waals surface area contributed by atoms with Gasteiger partial charge >= 0.3 is 0 Å². The average molecular weight is 474 g/mol. The summed E-state index contributed by atoms with van der Waals surface area (Å²) in [7, 11) is 0. The van der Waals surface area contributed by atoms with E-state index in [9.17, 15) is 30.1 Å². The molecule has 1 aromatic carbocycles. The minimum atomic E-state index is -0.907. The third-order valence-electron chi connectivity index (χ3n) is 5.69. The summed E-state index contributed by atoms with van der Waals surface area (Å²) in [6.07, 6.45) is -0.231. The first-order chi connectivity index (χ1) is 16.1. The fourth-order valence-corrected chi connectivity index (χ4v) is 4.28. The number of imidazole rings is 1. The summed E-state index contributed by atoms with van der Waals surface area (Å²) in [5, 5.41) is 32.2.